The zero-order valence-corrected chi connectivity index (χ0v) is 26.1. The normalized spacial score (nSPS) is 12.9. The van der Waals surface area contributed by atoms with E-state index < -0.39 is 8.07 Å². The third kappa shape index (κ3) is 4.37. The summed E-state index contributed by atoms with van der Waals surface area (Å²) in [7, 11) is -2.66. The molecule has 0 unspecified atom stereocenters. The van der Waals surface area contributed by atoms with Crippen LogP contribution in [0.25, 0.3) is 22.3 Å². The van der Waals surface area contributed by atoms with Gasteiger partial charge in [-0.15, -0.1) is 0 Å². The van der Waals surface area contributed by atoms with Gasteiger partial charge in [-0.3, -0.25) is 4.98 Å². The van der Waals surface area contributed by atoms with Crippen LogP contribution >= 0.6 is 0 Å². The van der Waals surface area contributed by atoms with Gasteiger partial charge in [0, 0.05) is 35.0 Å². The van der Waals surface area contributed by atoms with E-state index in [9.17, 15) is 5.26 Å². The highest BCUT2D eigenvalue weighted by atomic mass is 28.3. The molecule has 46 heavy (non-hydrogen) atoms. The van der Waals surface area contributed by atoms with Crippen molar-refractivity contribution in [1.82, 2.24) is 4.98 Å². The largest absolute Gasteiger partial charge is 0.311 e. The molecule has 0 radical (unpaired) electrons. The van der Waals surface area contributed by atoms with E-state index in [-0.39, 0.29) is 0 Å². The lowest BCUT2D eigenvalue weighted by molar-refractivity contribution is 1.29. The fourth-order valence-corrected chi connectivity index (χ4v) is 12.2. The van der Waals surface area contributed by atoms with E-state index in [1.165, 1.54) is 32.1 Å². The van der Waals surface area contributed by atoms with Gasteiger partial charge >= 0.3 is 0 Å². The second-order valence-electron chi connectivity index (χ2n) is 11.5. The maximum Gasteiger partial charge on any atom is 0.184 e. The zero-order valence-electron chi connectivity index (χ0n) is 25.1. The van der Waals surface area contributed by atoms with E-state index >= 15 is 0 Å². The van der Waals surface area contributed by atoms with E-state index in [0.717, 1.165) is 27.9 Å². The van der Waals surface area contributed by atoms with Crippen LogP contribution in [0.1, 0.15) is 5.56 Å². The molecule has 0 N–H and O–H groups in total. The Morgan fingerprint density at radius 2 is 1.07 bits per heavy atom. The predicted molar refractivity (Wildman–Crippen MR) is 192 cm³/mol. The van der Waals surface area contributed by atoms with Gasteiger partial charge in [-0.25, -0.2) is 0 Å². The van der Waals surface area contributed by atoms with Gasteiger partial charge in [0.15, 0.2) is 8.07 Å². The van der Waals surface area contributed by atoms with Crippen LogP contribution in [0.3, 0.4) is 0 Å². The molecule has 0 saturated heterocycles. The summed E-state index contributed by atoms with van der Waals surface area (Å²) in [6.45, 7) is 0. The quantitative estimate of drug-likeness (QED) is 0.192. The topological polar surface area (TPSA) is 39.9 Å². The standard InChI is InChI=1S/C42H29N3Si/c43-29-34-30-44-26-25-38(34)33-15-11-13-31(27-33)32-14-12-16-35(28-32)45-39-21-7-9-23-41(39)46(36-17-3-1-4-18-36,37-19-5-2-6-20-37)42-24-10-8-22-40(42)45/h1-28,30H. The van der Waals surface area contributed by atoms with Crippen LogP contribution in [-0.2, 0) is 0 Å². The minimum absolute atomic E-state index is 0.569. The number of para-hydroxylation sites is 2. The summed E-state index contributed by atoms with van der Waals surface area (Å²) in [6.07, 6.45) is 3.37. The number of fused-ring (bicyclic) bond motifs is 2. The Bertz CT molecular complexity index is 2150. The Kier molecular flexibility index (Phi) is 6.87. The molecule has 0 fully saturated rings. The number of nitriles is 1. The molecule has 0 spiro atoms. The van der Waals surface area contributed by atoms with Crippen LogP contribution in [0, 0.1) is 11.3 Å². The molecule has 1 aliphatic heterocycles. The monoisotopic (exact) mass is 603 g/mol. The van der Waals surface area contributed by atoms with Crippen molar-refractivity contribution < 1.29 is 0 Å². The van der Waals surface area contributed by atoms with Crippen molar-refractivity contribution in [3.8, 4) is 28.3 Å². The lowest BCUT2D eigenvalue weighted by atomic mass is 9.97. The van der Waals surface area contributed by atoms with Gasteiger partial charge in [0.25, 0.3) is 0 Å². The third-order valence-electron chi connectivity index (χ3n) is 9.06. The predicted octanol–water partition coefficient (Wildman–Crippen LogP) is 7.45. The smallest absolute Gasteiger partial charge is 0.184 e. The molecule has 7 aromatic rings. The highest BCUT2D eigenvalue weighted by Crippen LogP contribution is 2.40. The highest BCUT2D eigenvalue weighted by Gasteiger charge is 2.48. The molecule has 1 aromatic heterocycles. The third-order valence-corrected chi connectivity index (χ3v) is 13.9. The van der Waals surface area contributed by atoms with Crippen LogP contribution in [0.5, 0.6) is 0 Å². The first kappa shape index (κ1) is 27.5. The molecule has 0 aliphatic carbocycles. The maximum atomic E-state index is 9.70. The maximum absolute atomic E-state index is 9.70. The second kappa shape index (κ2) is 11.5. The summed E-state index contributed by atoms with van der Waals surface area (Å²) in [5.41, 5.74) is 8.18. The Morgan fingerprint density at radius 1 is 0.522 bits per heavy atom. The summed E-state index contributed by atoms with van der Waals surface area (Å²) < 4.78 is 0. The van der Waals surface area contributed by atoms with Crippen LogP contribution in [0.4, 0.5) is 17.1 Å². The summed E-state index contributed by atoms with van der Waals surface area (Å²) in [5.74, 6) is 0. The van der Waals surface area contributed by atoms with Crippen LogP contribution in [-0.4, -0.2) is 13.1 Å². The molecule has 6 aromatic carbocycles. The van der Waals surface area contributed by atoms with E-state index in [2.05, 4.69) is 174 Å². The van der Waals surface area contributed by atoms with Gasteiger partial charge in [0.2, 0.25) is 0 Å². The first-order chi connectivity index (χ1) is 22.8. The average molecular weight is 604 g/mol. The minimum Gasteiger partial charge on any atom is -0.311 e. The van der Waals surface area contributed by atoms with Crippen molar-refractivity contribution in [2.75, 3.05) is 4.90 Å². The molecule has 2 heterocycles. The second-order valence-corrected chi connectivity index (χ2v) is 15.2. The lowest BCUT2D eigenvalue weighted by Gasteiger charge is -2.45. The van der Waals surface area contributed by atoms with Gasteiger partial charge in [0.1, 0.15) is 6.07 Å². The molecule has 216 valence electrons. The van der Waals surface area contributed by atoms with Crippen LogP contribution in [0.15, 0.2) is 176 Å². The fraction of sp³-hybridized carbons (Fsp3) is 0. The number of benzene rings is 6. The first-order valence-electron chi connectivity index (χ1n) is 15.4. The van der Waals surface area contributed by atoms with E-state index in [1.54, 1.807) is 12.4 Å². The van der Waals surface area contributed by atoms with Gasteiger partial charge < -0.3 is 4.90 Å². The Hall–Kier alpha value is -6.02. The van der Waals surface area contributed by atoms with Crippen LogP contribution in [0.2, 0.25) is 0 Å². The molecule has 0 atom stereocenters. The molecule has 0 amide bonds. The average Bonchev–Trinajstić information content (AvgIpc) is 3.14. The van der Waals surface area contributed by atoms with Crippen molar-refractivity contribution in [3.05, 3.63) is 182 Å². The Labute approximate surface area is 270 Å². The number of pyridine rings is 1. The number of hydrogen-bond donors (Lipinski definition) is 0. The molecule has 1 aliphatic rings. The van der Waals surface area contributed by atoms with Gasteiger partial charge in [-0.05, 0) is 73.8 Å². The summed E-state index contributed by atoms with van der Waals surface area (Å²) in [5, 5.41) is 15.2. The van der Waals surface area contributed by atoms with Crippen molar-refractivity contribution in [2.24, 2.45) is 0 Å². The molecule has 4 heteroatoms. The summed E-state index contributed by atoms with van der Waals surface area (Å²) in [4.78, 5) is 6.58. The van der Waals surface area contributed by atoms with Gasteiger partial charge in [-0.1, -0.05) is 127 Å². The molecule has 0 bridgehead atoms. The zero-order chi connectivity index (χ0) is 30.9. The van der Waals surface area contributed by atoms with E-state index in [4.69, 9.17) is 0 Å². The molecule has 3 nitrogen and oxygen atoms in total. The Morgan fingerprint density at radius 3 is 1.70 bits per heavy atom. The molecule has 0 saturated carbocycles. The van der Waals surface area contributed by atoms with Crippen LogP contribution < -0.4 is 25.6 Å². The number of nitrogens with zero attached hydrogens (tertiary/aromatic N) is 3. The number of hydrogen-bond acceptors (Lipinski definition) is 3. The first-order valence-corrected chi connectivity index (χ1v) is 17.4. The highest BCUT2D eigenvalue weighted by molar-refractivity contribution is 7.21. The van der Waals surface area contributed by atoms with Gasteiger partial charge in [-0.2, -0.15) is 5.26 Å². The molecular weight excluding hydrogens is 575 g/mol. The fourth-order valence-electron chi connectivity index (χ4n) is 7.12. The minimum atomic E-state index is -2.66. The van der Waals surface area contributed by atoms with Crippen molar-refractivity contribution in [1.29, 1.82) is 5.26 Å². The number of aromatic nitrogens is 1. The summed E-state index contributed by atoms with van der Waals surface area (Å²) in [6, 6.07) is 61.5. The summed E-state index contributed by atoms with van der Waals surface area (Å²) >= 11 is 0. The van der Waals surface area contributed by atoms with Crippen molar-refractivity contribution >= 4 is 45.9 Å². The van der Waals surface area contributed by atoms with E-state index in [0.29, 0.717) is 5.56 Å². The SMILES string of the molecule is N#Cc1cnccc1-c1cccc(-c2cccc(N3c4ccccc4[Si](c4ccccc4)(c4ccccc4)c4ccccc43)c2)c1. The lowest BCUT2D eigenvalue weighted by Crippen LogP contribution is -2.77. The number of rotatable bonds is 5. The Balaban J connectivity index is 1.33. The van der Waals surface area contributed by atoms with Gasteiger partial charge in [0.05, 0.1) is 5.56 Å². The number of anilines is 3. The molecule has 8 rings (SSSR count). The van der Waals surface area contributed by atoms with Crippen molar-refractivity contribution in [3.63, 3.8) is 0 Å². The van der Waals surface area contributed by atoms with Crippen molar-refractivity contribution in [2.45, 2.75) is 0 Å². The van der Waals surface area contributed by atoms with E-state index in [1.807, 2.05) is 6.07 Å². The molecular formula is C42H29N3Si.